The molecule has 0 aliphatic carbocycles. The summed E-state index contributed by atoms with van der Waals surface area (Å²) in [6.45, 7) is 9.59. The second kappa shape index (κ2) is 8.98. The summed E-state index contributed by atoms with van der Waals surface area (Å²) in [5.41, 5.74) is 1.30. The molecule has 0 fully saturated rings. The van der Waals surface area contributed by atoms with Gasteiger partial charge in [0.1, 0.15) is 5.75 Å². The predicted octanol–water partition coefficient (Wildman–Crippen LogP) is 3.97. The molecule has 0 unspecified atom stereocenters. The number of rotatable bonds is 9. The zero-order chi connectivity index (χ0) is 13.2. The maximum absolute atomic E-state index is 5.86. The lowest BCUT2D eigenvalue weighted by molar-refractivity contribution is 0.304. The highest BCUT2D eigenvalue weighted by atomic mass is 16.5. The predicted molar refractivity (Wildman–Crippen MR) is 78.4 cm³/mol. The van der Waals surface area contributed by atoms with Gasteiger partial charge in [-0.3, -0.25) is 0 Å². The van der Waals surface area contributed by atoms with E-state index >= 15 is 0 Å². The molecule has 0 saturated heterocycles. The quantitative estimate of drug-likeness (QED) is 0.669. The third-order valence-corrected chi connectivity index (χ3v) is 3.00. The van der Waals surface area contributed by atoms with Crippen molar-refractivity contribution in [2.75, 3.05) is 19.7 Å². The van der Waals surface area contributed by atoms with Crippen LogP contribution >= 0.6 is 0 Å². The van der Waals surface area contributed by atoms with E-state index in [0.717, 1.165) is 31.9 Å². The van der Waals surface area contributed by atoms with Crippen molar-refractivity contribution in [1.29, 1.82) is 0 Å². The molecular formula is C16H27NO. The highest BCUT2D eigenvalue weighted by Crippen LogP contribution is 2.25. The van der Waals surface area contributed by atoms with Crippen LogP contribution in [-0.4, -0.2) is 19.7 Å². The van der Waals surface area contributed by atoms with Crippen LogP contribution in [0.3, 0.4) is 0 Å². The van der Waals surface area contributed by atoms with Crippen molar-refractivity contribution in [2.45, 2.75) is 46.0 Å². The summed E-state index contributed by atoms with van der Waals surface area (Å²) in [4.78, 5) is 0. The number of hydrogen-bond donors (Lipinski definition) is 1. The Morgan fingerprint density at radius 1 is 1.11 bits per heavy atom. The van der Waals surface area contributed by atoms with Gasteiger partial charge in [-0.15, -0.1) is 0 Å². The highest BCUT2D eigenvalue weighted by molar-refractivity contribution is 5.35. The molecule has 0 aromatic heterocycles. The Labute approximate surface area is 112 Å². The minimum absolute atomic E-state index is 0.517. The Morgan fingerprint density at radius 2 is 1.83 bits per heavy atom. The number of benzene rings is 1. The number of nitrogens with one attached hydrogen (secondary N) is 1. The van der Waals surface area contributed by atoms with Crippen molar-refractivity contribution in [3.8, 4) is 5.75 Å². The van der Waals surface area contributed by atoms with Gasteiger partial charge < -0.3 is 10.1 Å². The summed E-state index contributed by atoms with van der Waals surface area (Å²) in [5.74, 6) is 1.56. The van der Waals surface area contributed by atoms with Gasteiger partial charge in [-0.05, 0) is 43.5 Å². The van der Waals surface area contributed by atoms with Crippen LogP contribution in [0, 0.1) is 0 Å². The maximum Gasteiger partial charge on any atom is 0.122 e. The lowest BCUT2D eigenvalue weighted by Gasteiger charge is -2.13. The van der Waals surface area contributed by atoms with Gasteiger partial charge in [-0.2, -0.15) is 0 Å². The van der Waals surface area contributed by atoms with Crippen LogP contribution in [0.5, 0.6) is 5.75 Å². The molecule has 0 aliphatic rings. The molecule has 0 heterocycles. The number of para-hydroxylation sites is 1. The third-order valence-electron chi connectivity index (χ3n) is 3.00. The van der Waals surface area contributed by atoms with Crippen molar-refractivity contribution < 1.29 is 4.74 Å². The fourth-order valence-corrected chi connectivity index (χ4v) is 1.90. The topological polar surface area (TPSA) is 21.3 Å². The smallest absolute Gasteiger partial charge is 0.122 e. The lowest BCUT2D eigenvalue weighted by Crippen LogP contribution is -2.18. The van der Waals surface area contributed by atoms with Crippen LogP contribution in [-0.2, 0) is 0 Å². The summed E-state index contributed by atoms with van der Waals surface area (Å²) in [7, 11) is 0. The monoisotopic (exact) mass is 249 g/mol. The van der Waals surface area contributed by atoms with E-state index in [1.165, 1.54) is 18.4 Å². The van der Waals surface area contributed by atoms with Gasteiger partial charge in [-0.1, -0.05) is 45.4 Å². The molecule has 2 nitrogen and oxygen atoms in total. The first-order valence-corrected chi connectivity index (χ1v) is 7.18. The normalized spacial score (nSPS) is 10.9. The van der Waals surface area contributed by atoms with E-state index in [1.807, 2.05) is 6.07 Å². The van der Waals surface area contributed by atoms with E-state index in [2.05, 4.69) is 44.3 Å². The molecule has 0 bridgehead atoms. The standard InChI is InChI=1S/C16H27NO/c1-4-5-11-17-12-8-13-18-16-10-7-6-9-15(16)14(2)3/h6-7,9-10,14,17H,4-5,8,11-13H2,1-3H3. The minimum Gasteiger partial charge on any atom is -0.493 e. The molecule has 0 radical (unpaired) electrons. The second-order valence-electron chi connectivity index (χ2n) is 5.00. The Morgan fingerprint density at radius 3 is 2.56 bits per heavy atom. The SMILES string of the molecule is CCCCNCCCOc1ccccc1C(C)C. The third kappa shape index (κ3) is 5.54. The molecule has 0 aliphatic heterocycles. The highest BCUT2D eigenvalue weighted by Gasteiger charge is 2.05. The van der Waals surface area contributed by atoms with Crippen LogP contribution in [0.1, 0.15) is 51.5 Å². The molecule has 0 atom stereocenters. The van der Waals surface area contributed by atoms with Crippen LogP contribution in [0.2, 0.25) is 0 Å². The van der Waals surface area contributed by atoms with Crippen molar-refractivity contribution >= 4 is 0 Å². The summed E-state index contributed by atoms with van der Waals surface area (Å²) in [6.07, 6.45) is 3.58. The van der Waals surface area contributed by atoms with Gasteiger partial charge >= 0.3 is 0 Å². The van der Waals surface area contributed by atoms with E-state index < -0.39 is 0 Å². The van der Waals surface area contributed by atoms with Crippen molar-refractivity contribution in [3.05, 3.63) is 29.8 Å². The van der Waals surface area contributed by atoms with Gasteiger partial charge in [-0.25, -0.2) is 0 Å². The summed E-state index contributed by atoms with van der Waals surface area (Å²) in [6, 6.07) is 8.34. The number of ether oxygens (including phenoxy) is 1. The fraction of sp³-hybridized carbons (Fsp3) is 0.625. The first-order valence-electron chi connectivity index (χ1n) is 7.18. The molecule has 1 N–H and O–H groups in total. The summed E-state index contributed by atoms with van der Waals surface area (Å²) < 4.78 is 5.86. The van der Waals surface area contributed by atoms with Crippen molar-refractivity contribution in [3.63, 3.8) is 0 Å². The van der Waals surface area contributed by atoms with E-state index in [-0.39, 0.29) is 0 Å². The summed E-state index contributed by atoms with van der Waals surface area (Å²) >= 11 is 0. The molecule has 1 aromatic rings. The molecule has 1 aromatic carbocycles. The largest absolute Gasteiger partial charge is 0.493 e. The zero-order valence-electron chi connectivity index (χ0n) is 12.0. The maximum atomic E-state index is 5.86. The first kappa shape index (κ1) is 15.0. The Bertz CT molecular complexity index is 323. The molecule has 102 valence electrons. The van der Waals surface area contributed by atoms with Gasteiger partial charge in [0, 0.05) is 0 Å². The second-order valence-corrected chi connectivity index (χ2v) is 5.00. The van der Waals surface area contributed by atoms with E-state index in [1.54, 1.807) is 0 Å². The van der Waals surface area contributed by atoms with E-state index in [4.69, 9.17) is 4.74 Å². The Hall–Kier alpha value is -1.02. The minimum atomic E-state index is 0.517. The number of hydrogen-bond acceptors (Lipinski definition) is 2. The van der Waals surface area contributed by atoms with Crippen molar-refractivity contribution in [2.24, 2.45) is 0 Å². The van der Waals surface area contributed by atoms with Crippen molar-refractivity contribution in [1.82, 2.24) is 5.32 Å². The Balaban J connectivity index is 2.23. The average Bonchev–Trinajstić information content (AvgIpc) is 2.38. The van der Waals surface area contributed by atoms with Gasteiger partial charge in [0.25, 0.3) is 0 Å². The van der Waals surface area contributed by atoms with E-state index in [0.29, 0.717) is 5.92 Å². The molecule has 0 saturated carbocycles. The zero-order valence-corrected chi connectivity index (χ0v) is 12.0. The first-order chi connectivity index (χ1) is 8.75. The van der Waals surface area contributed by atoms with Crippen LogP contribution in [0.15, 0.2) is 24.3 Å². The molecule has 0 amide bonds. The van der Waals surface area contributed by atoms with Gasteiger partial charge in [0.05, 0.1) is 6.61 Å². The van der Waals surface area contributed by atoms with Gasteiger partial charge in [0.2, 0.25) is 0 Å². The van der Waals surface area contributed by atoms with Gasteiger partial charge in [0.15, 0.2) is 0 Å². The summed E-state index contributed by atoms with van der Waals surface area (Å²) in [5, 5.41) is 3.43. The molecular weight excluding hydrogens is 222 g/mol. The molecule has 1 rings (SSSR count). The fourth-order valence-electron chi connectivity index (χ4n) is 1.90. The van der Waals surface area contributed by atoms with E-state index in [9.17, 15) is 0 Å². The van der Waals surface area contributed by atoms with Crippen LogP contribution in [0.25, 0.3) is 0 Å². The van der Waals surface area contributed by atoms with Crippen LogP contribution in [0.4, 0.5) is 0 Å². The molecule has 0 spiro atoms. The average molecular weight is 249 g/mol. The Kier molecular flexibility index (Phi) is 7.51. The molecule has 2 heteroatoms. The number of unbranched alkanes of at least 4 members (excludes halogenated alkanes) is 1. The van der Waals surface area contributed by atoms with Crippen LogP contribution < -0.4 is 10.1 Å². The lowest BCUT2D eigenvalue weighted by atomic mass is 10.0. The molecule has 18 heavy (non-hydrogen) atoms.